The molecule has 1 aliphatic heterocycles. The smallest absolute Gasteiger partial charge is 0.200 e. The lowest BCUT2D eigenvalue weighted by molar-refractivity contribution is 0.0975. The van der Waals surface area contributed by atoms with E-state index < -0.39 is 11.6 Å². The number of benzene rings is 2. The quantitative estimate of drug-likeness (QED) is 0.244. The van der Waals surface area contributed by atoms with E-state index in [0.717, 1.165) is 39.0 Å². The van der Waals surface area contributed by atoms with Crippen molar-refractivity contribution in [2.24, 2.45) is 0 Å². The fourth-order valence-electron chi connectivity index (χ4n) is 4.62. The molecule has 198 valence electrons. The van der Waals surface area contributed by atoms with Crippen molar-refractivity contribution in [3.8, 4) is 11.5 Å². The van der Waals surface area contributed by atoms with Gasteiger partial charge in [0.2, 0.25) is 11.6 Å². The molecule has 1 aliphatic carbocycles. The fraction of sp³-hybridized carbons (Fsp3) is 0.440. The summed E-state index contributed by atoms with van der Waals surface area (Å²) in [4.78, 5) is 31.4. The van der Waals surface area contributed by atoms with Crippen LogP contribution in [0.1, 0.15) is 44.7 Å². The third kappa shape index (κ3) is 6.18. The normalized spacial score (nSPS) is 17.1. The van der Waals surface area contributed by atoms with Gasteiger partial charge in [0, 0.05) is 49.5 Å². The average molecular weight is 560 g/mol. The van der Waals surface area contributed by atoms with Gasteiger partial charge in [-0.25, -0.2) is 0 Å². The molecule has 1 heterocycles. The number of halogens is 3. The van der Waals surface area contributed by atoms with Gasteiger partial charge in [-0.3, -0.25) is 9.59 Å². The molecule has 8 nitrogen and oxygen atoms in total. The summed E-state index contributed by atoms with van der Waals surface area (Å²) in [5, 5.41) is 27.5. The first-order valence-corrected chi connectivity index (χ1v) is 12.0. The highest BCUT2D eigenvalue weighted by Gasteiger charge is 2.38. The minimum atomic E-state index is -0.491. The molecule has 4 N–H and O–H groups in total. The Bertz CT molecular complexity index is 1110. The molecule has 36 heavy (non-hydrogen) atoms. The number of carbonyl (C=O) groups excluding carboxylic acids is 2. The molecular weight excluding hydrogens is 527 g/mol. The van der Waals surface area contributed by atoms with Crippen LogP contribution in [0, 0.1) is 0 Å². The van der Waals surface area contributed by atoms with E-state index in [4.69, 9.17) is 11.6 Å². The average Bonchev–Trinajstić information content (AvgIpc) is 2.79. The van der Waals surface area contributed by atoms with E-state index in [0.29, 0.717) is 24.5 Å². The second-order valence-corrected chi connectivity index (χ2v) is 9.74. The second kappa shape index (κ2) is 12.8. The number of nitrogens with zero attached hydrogens (tertiary/aromatic N) is 2. The first kappa shape index (κ1) is 30.0. The molecule has 4 rings (SSSR count). The van der Waals surface area contributed by atoms with Crippen LogP contribution in [0.5, 0.6) is 11.5 Å². The summed E-state index contributed by atoms with van der Waals surface area (Å²) in [6.45, 7) is 4.44. The predicted molar refractivity (Wildman–Crippen MR) is 148 cm³/mol. The summed E-state index contributed by atoms with van der Waals surface area (Å²) in [5.74, 6) is -1.63. The van der Waals surface area contributed by atoms with Gasteiger partial charge in [0.05, 0.1) is 22.3 Å². The number of phenols is 2. The van der Waals surface area contributed by atoms with E-state index >= 15 is 0 Å². The number of rotatable bonds is 8. The molecule has 0 saturated carbocycles. The van der Waals surface area contributed by atoms with E-state index in [1.54, 1.807) is 12.1 Å². The van der Waals surface area contributed by atoms with Crippen LogP contribution in [0.25, 0.3) is 0 Å². The van der Waals surface area contributed by atoms with Crippen molar-refractivity contribution in [1.29, 1.82) is 0 Å². The summed E-state index contributed by atoms with van der Waals surface area (Å²) in [7, 11) is 3.90. The third-order valence-corrected chi connectivity index (χ3v) is 6.70. The Morgan fingerprint density at radius 2 is 1.44 bits per heavy atom. The minimum Gasteiger partial charge on any atom is -0.507 e. The summed E-state index contributed by atoms with van der Waals surface area (Å²) in [6, 6.07) is 6.03. The van der Waals surface area contributed by atoms with Gasteiger partial charge in [-0.2, -0.15) is 0 Å². The first-order chi connectivity index (χ1) is 16.3. The number of piperidine rings is 1. The van der Waals surface area contributed by atoms with Gasteiger partial charge in [-0.1, -0.05) is 0 Å². The minimum absolute atomic E-state index is 0. The lowest BCUT2D eigenvalue weighted by Gasteiger charge is -2.30. The van der Waals surface area contributed by atoms with Crippen LogP contribution in [-0.2, 0) is 0 Å². The number of fused-ring (bicyclic) bond motifs is 2. The first-order valence-electron chi connectivity index (χ1n) is 11.6. The number of likely N-dealkylation sites (tertiary alicyclic amines) is 1. The van der Waals surface area contributed by atoms with Gasteiger partial charge in [0.15, 0.2) is 0 Å². The van der Waals surface area contributed by atoms with Crippen LogP contribution in [-0.4, -0.2) is 90.3 Å². The summed E-state index contributed by atoms with van der Waals surface area (Å²) in [6.07, 6.45) is 2.08. The molecular formula is C25H33Cl3N4O4. The maximum Gasteiger partial charge on any atom is 0.200 e. The van der Waals surface area contributed by atoms with Crippen molar-refractivity contribution in [3.63, 3.8) is 0 Å². The van der Waals surface area contributed by atoms with Crippen molar-refractivity contribution in [2.45, 2.75) is 18.2 Å². The summed E-state index contributed by atoms with van der Waals surface area (Å²) >= 11 is 6.29. The molecule has 0 amide bonds. The Morgan fingerprint density at radius 1 is 0.917 bits per heavy atom. The second-order valence-electron chi connectivity index (χ2n) is 9.12. The maximum absolute atomic E-state index is 13.6. The zero-order valence-electron chi connectivity index (χ0n) is 20.3. The zero-order valence-corrected chi connectivity index (χ0v) is 22.7. The molecule has 2 aliphatic rings. The van der Waals surface area contributed by atoms with Gasteiger partial charge in [-0.15, -0.1) is 36.4 Å². The van der Waals surface area contributed by atoms with Crippen LogP contribution in [0.3, 0.4) is 0 Å². The highest BCUT2D eigenvalue weighted by molar-refractivity contribution is 6.33. The molecule has 1 atom stereocenters. The maximum atomic E-state index is 13.6. The van der Waals surface area contributed by atoms with Gasteiger partial charge in [0.1, 0.15) is 11.5 Å². The van der Waals surface area contributed by atoms with Crippen LogP contribution in [0.15, 0.2) is 24.3 Å². The molecule has 0 aromatic heterocycles. The van der Waals surface area contributed by atoms with Gasteiger partial charge in [0.25, 0.3) is 0 Å². The Labute approximate surface area is 228 Å². The van der Waals surface area contributed by atoms with Crippen LogP contribution in [0.2, 0.25) is 0 Å². The lowest BCUT2D eigenvalue weighted by Crippen LogP contribution is -2.38. The fourth-order valence-corrected chi connectivity index (χ4v) is 4.97. The summed E-state index contributed by atoms with van der Waals surface area (Å²) < 4.78 is 0. The number of aromatic hydroxyl groups is 2. The van der Waals surface area contributed by atoms with E-state index in [2.05, 4.69) is 15.5 Å². The van der Waals surface area contributed by atoms with Gasteiger partial charge >= 0.3 is 0 Å². The van der Waals surface area contributed by atoms with Crippen molar-refractivity contribution in [2.75, 3.05) is 64.0 Å². The molecule has 1 unspecified atom stereocenters. The largest absolute Gasteiger partial charge is 0.507 e. The zero-order chi connectivity index (χ0) is 24.4. The van der Waals surface area contributed by atoms with E-state index in [1.165, 1.54) is 12.1 Å². The molecule has 0 radical (unpaired) electrons. The van der Waals surface area contributed by atoms with Gasteiger partial charge in [-0.05, 0) is 57.7 Å². The molecule has 11 heteroatoms. The number of carbonyl (C=O) groups is 2. The van der Waals surface area contributed by atoms with Crippen molar-refractivity contribution >= 4 is 59.4 Å². The van der Waals surface area contributed by atoms with E-state index in [1.807, 2.05) is 19.0 Å². The van der Waals surface area contributed by atoms with Crippen LogP contribution in [0.4, 0.5) is 11.4 Å². The number of nitrogens with one attached hydrogen (secondary N) is 2. The summed E-state index contributed by atoms with van der Waals surface area (Å²) in [5.41, 5.74) is 1.15. The highest BCUT2D eigenvalue weighted by atomic mass is 35.5. The molecule has 0 bridgehead atoms. The van der Waals surface area contributed by atoms with Crippen LogP contribution >= 0.6 is 36.4 Å². The molecule has 2 aromatic rings. The van der Waals surface area contributed by atoms with E-state index in [-0.39, 0.29) is 63.9 Å². The molecule has 2 aromatic carbocycles. The monoisotopic (exact) mass is 558 g/mol. The molecule has 1 fully saturated rings. The lowest BCUT2D eigenvalue weighted by atomic mass is 9.81. The number of ketones is 2. The molecule has 0 spiro atoms. The SMILES string of the molecule is CN(C)CCNc1ccc(NCCN2CCCC(Cl)C2)c2c1C(=O)c1c(O)ccc(O)c1C2=O.Cl.Cl. The van der Waals surface area contributed by atoms with Crippen molar-refractivity contribution in [3.05, 3.63) is 46.5 Å². The number of hydrogen-bond donors (Lipinski definition) is 4. The van der Waals surface area contributed by atoms with Crippen molar-refractivity contribution < 1.29 is 19.8 Å². The van der Waals surface area contributed by atoms with Crippen molar-refractivity contribution in [1.82, 2.24) is 9.80 Å². The predicted octanol–water partition coefficient (Wildman–Crippen LogP) is 3.81. The van der Waals surface area contributed by atoms with E-state index in [9.17, 15) is 19.8 Å². The Kier molecular flexibility index (Phi) is 10.7. The Morgan fingerprint density at radius 3 is 1.94 bits per heavy atom. The van der Waals surface area contributed by atoms with Crippen LogP contribution < -0.4 is 10.6 Å². The number of likely N-dealkylation sites (N-methyl/N-ethyl adjacent to an activating group) is 1. The Hall–Kier alpha value is -2.23. The topological polar surface area (TPSA) is 105 Å². The number of alkyl halides is 1. The number of anilines is 2. The Balaban J connectivity index is 0.00000228. The standard InChI is InChI=1S/C25H31ClN4O4.2ClH/c1-29(2)12-9-27-16-5-6-17(28-10-13-30-11-3-4-15(26)14-30)21-20(16)24(33)22-18(31)7-8-19(32)23(22)25(21)34;;/h5-8,15,27-28,31-32H,3-4,9-14H2,1-2H3;2*1H. The molecule has 1 saturated heterocycles. The third-order valence-electron chi connectivity index (χ3n) is 6.34. The number of phenolic OH excluding ortho intramolecular Hbond substituents is 2. The van der Waals surface area contributed by atoms with Gasteiger partial charge < -0.3 is 30.6 Å². The number of hydrogen-bond acceptors (Lipinski definition) is 8. The highest BCUT2D eigenvalue weighted by Crippen LogP contribution is 2.42.